The van der Waals surface area contributed by atoms with Gasteiger partial charge in [0.15, 0.2) is 11.9 Å². The lowest BCUT2D eigenvalue weighted by molar-refractivity contribution is -0.704. The normalized spacial score (nSPS) is 10.5. The molecule has 1 heterocycles. The molecule has 0 spiro atoms. The van der Waals surface area contributed by atoms with Gasteiger partial charge in [-0.1, -0.05) is 94.7 Å². The van der Waals surface area contributed by atoms with Gasteiger partial charge in [-0.15, -0.1) is 0 Å². The van der Waals surface area contributed by atoms with Crippen LogP contribution >= 0.6 is 0 Å². The minimum absolute atomic E-state index is 0. The molecule has 1 nitrogen and oxygen atoms in total. The Balaban J connectivity index is 0.00000338. The largest absolute Gasteiger partial charge is 1.00 e. The second-order valence-electron chi connectivity index (χ2n) is 7.23. The van der Waals surface area contributed by atoms with Gasteiger partial charge >= 0.3 is 0 Å². The average molecular weight is 418 g/mol. The van der Waals surface area contributed by atoms with Crippen molar-refractivity contribution in [2.45, 2.75) is 84.1 Å². The van der Waals surface area contributed by atoms with Crippen molar-refractivity contribution in [1.82, 2.24) is 0 Å². The van der Waals surface area contributed by atoms with Gasteiger partial charge in [0, 0.05) is 18.6 Å². The van der Waals surface area contributed by atoms with Crippen LogP contribution in [0.1, 0.15) is 82.4 Å². The molecule has 2 rings (SSSR count). The van der Waals surface area contributed by atoms with E-state index in [4.69, 9.17) is 0 Å². The number of rotatable bonds is 13. The number of hydrogen-bond donors (Lipinski definition) is 0. The van der Waals surface area contributed by atoms with Crippen molar-refractivity contribution < 1.29 is 21.5 Å². The van der Waals surface area contributed by atoms with Crippen molar-refractivity contribution in [2.75, 3.05) is 0 Å². The highest BCUT2D eigenvalue weighted by Crippen LogP contribution is 2.11. The van der Waals surface area contributed by atoms with Crippen LogP contribution in [0.25, 0.3) is 0 Å². The van der Waals surface area contributed by atoms with Gasteiger partial charge in [0.25, 0.3) is 0 Å². The molecule has 0 atom stereocenters. The Bertz CT molecular complexity index is 567. The van der Waals surface area contributed by atoms with Crippen LogP contribution in [-0.2, 0) is 13.0 Å². The molecule has 2 heteroatoms. The second kappa shape index (κ2) is 15.0. The summed E-state index contributed by atoms with van der Waals surface area (Å²) in [6.07, 6.45) is 17.3. The quantitative estimate of drug-likeness (QED) is 0.346. The third kappa shape index (κ3) is 9.52. The third-order valence-electron chi connectivity index (χ3n) is 5.02. The molecule has 0 amide bonds. The molecular weight excluding hydrogens is 382 g/mol. The lowest BCUT2D eigenvalue weighted by atomic mass is 10.1. The van der Waals surface area contributed by atoms with Crippen molar-refractivity contribution in [3.05, 3.63) is 66.0 Å². The molecule has 1 aromatic carbocycles. The summed E-state index contributed by atoms with van der Waals surface area (Å²) in [6, 6.07) is 17.4. The zero-order valence-electron chi connectivity index (χ0n) is 16.5. The molecule has 0 fully saturated rings. The van der Waals surface area contributed by atoms with E-state index in [1.807, 2.05) is 0 Å². The van der Waals surface area contributed by atoms with Crippen LogP contribution in [0.15, 0.2) is 54.7 Å². The van der Waals surface area contributed by atoms with Crippen LogP contribution < -0.4 is 21.5 Å². The first-order chi connectivity index (χ1) is 12.4. The van der Waals surface area contributed by atoms with E-state index in [9.17, 15) is 0 Å². The van der Waals surface area contributed by atoms with Gasteiger partial charge < -0.3 is 17.0 Å². The molecular formula is C24H36BrN. The van der Waals surface area contributed by atoms with Gasteiger partial charge in [-0.3, -0.25) is 0 Å². The average Bonchev–Trinajstić information content (AvgIpc) is 2.65. The molecule has 0 aliphatic heterocycles. The van der Waals surface area contributed by atoms with Crippen molar-refractivity contribution in [1.29, 1.82) is 0 Å². The van der Waals surface area contributed by atoms with E-state index in [1.165, 1.54) is 75.5 Å². The molecule has 0 aliphatic carbocycles. The van der Waals surface area contributed by atoms with Crippen LogP contribution in [0.4, 0.5) is 0 Å². The monoisotopic (exact) mass is 417 g/mol. The fraction of sp³-hybridized carbons (Fsp3) is 0.542. The highest BCUT2D eigenvalue weighted by atomic mass is 79.9. The van der Waals surface area contributed by atoms with Crippen molar-refractivity contribution >= 4 is 0 Å². The van der Waals surface area contributed by atoms with Gasteiger partial charge in [-0.25, -0.2) is 4.57 Å². The number of benzene rings is 1. The number of hydrogen-bond acceptors (Lipinski definition) is 0. The zero-order chi connectivity index (χ0) is 17.6. The van der Waals surface area contributed by atoms with Crippen molar-refractivity contribution in [2.24, 2.45) is 0 Å². The molecule has 0 saturated heterocycles. The van der Waals surface area contributed by atoms with Crippen LogP contribution in [0.5, 0.6) is 0 Å². The minimum atomic E-state index is 0. The summed E-state index contributed by atoms with van der Waals surface area (Å²) in [5.41, 5.74) is 2.81. The standard InChI is InChI=1S/C24H36N.BrH/c1-2-3-4-5-6-7-8-9-10-15-20-25-21-16-14-19-24(25)22-23-17-12-11-13-18-23;/h11-14,16-19,21H,2-10,15,20,22H2,1H3;1H/q+1;/p-1. The lowest BCUT2D eigenvalue weighted by Gasteiger charge is -2.05. The van der Waals surface area contributed by atoms with E-state index in [-0.39, 0.29) is 17.0 Å². The number of pyridine rings is 1. The van der Waals surface area contributed by atoms with E-state index >= 15 is 0 Å². The molecule has 1 aromatic heterocycles. The predicted octanol–water partition coefficient (Wildman–Crippen LogP) is 3.49. The Morgan fingerprint density at radius 3 is 1.88 bits per heavy atom. The fourth-order valence-electron chi connectivity index (χ4n) is 3.46. The number of aryl methyl sites for hydroxylation is 1. The maximum Gasteiger partial charge on any atom is 0.185 e. The first-order valence-electron chi connectivity index (χ1n) is 10.4. The second-order valence-corrected chi connectivity index (χ2v) is 7.23. The van der Waals surface area contributed by atoms with Gasteiger partial charge in [0.1, 0.15) is 6.54 Å². The maximum atomic E-state index is 2.44. The smallest absolute Gasteiger partial charge is 0.185 e. The van der Waals surface area contributed by atoms with E-state index in [2.05, 4.69) is 66.2 Å². The van der Waals surface area contributed by atoms with E-state index in [0.717, 1.165) is 13.0 Å². The van der Waals surface area contributed by atoms with Gasteiger partial charge in [0.05, 0.1) is 6.42 Å². The van der Waals surface area contributed by atoms with Crippen LogP contribution in [0, 0.1) is 0 Å². The highest BCUT2D eigenvalue weighted by Gasteiger charge is 2.09. The molecule has 0 radical (unpaired) electrons. The predicted molar refractivity (Wildman–Crippen MR) is 108 cm³/mol. The molecule has 26 heavy (non-hydrogen) atoms. The van der Waals surface area contributed by atoms with Gasteiger partial charge in [-0.05, 0) is 12.0 Å². The maximum absolute atomic E-state index is 2.44. The third-order valence-corrected chi connectivity index (χ3v) is 5.02. The van der Waals surface area contributed by atoms with Gasteiger partial charge in [-0.2, -0.15) is 0 Å². The first-order valence-corrected chi connectivity index (χ1v) is 10.4. The van der Waals surface area contributed by atoms with E-state index in [1.54, 1.807) is 0 Å². The summed E-state index contributed by atoms with van der Waals surface area (Å²) in [5.74, 6) is 0. The summed E-state index contributed by atoms with van der Waals surface area (Å²) in [5, 5.41) is 0. The summed E-state index contributed by atoms with van der Waals surface area (Å²) in [4.78, 5) is 0. The number of halogens is 1. The zero-order valence-corrected chi connectivity index (χ0v) is 18.1. The number of unbranched alkanes of at least 4 members (excludes halogenated alkanes) is 9. The Morgan fingerprint density at radius 1 is 0.654 bits per heavy atom. The molecule has 144 valence electrons. The number of nitrogens with zero attached hydrogens (tertiary/aromatic N) is 1. The Hall–Kier alpha value is -1.15. The molecule has 0 unspecified atom stereocenters. The Labute approximate surface area is 171 Å². The van der Waals surface area contributed by atoms with Gasteiger partial charge in [0.2, 0.25) is 0 Å². The lowest BCUT2D eigenvalue weighted by Crippen LogP contribution is -3.00. The fourth-order valence-corrected chi connectivity index (χ4v) is 3.46. The van der Waals surface area contributed by atoms with Crippen LogP contribution in [-0.4, -0.2) is 0 Å². The molecule has 0 N–H and O–H groups in total. The molecule has 0 saturated carbocycles. The first kappa shape index (κ1) is 22.9. The molecule has 0 aliphatic rings. The van der Waals surface area contributed by atoms with E-state index in [0.29, 0.717) is 0 Å². The summed E-state index contributed by atoms with van der Waals surface area (Å²) < 4.78 is 2.44. The summed E-state index contributed by atoms with van der Waals surface area (Å²) >= 11 is 0. The SMILES string of the molecule is CCCCCCCCCCCC[n+]1ccccc1Cc1ccccc1.[Br-]. The topological polar surface area (TPSA) is 3.88 Å². The van der Waals surface area contributed by atoms with Crippen LogP contribution in [0.2, 0.25) is 0 Å². The number of aromatic nitrogens is 1. The van der Waals surface area contributed by atoms with Crippen molar-refractivity contribution in [3.8, 4) is 0 Å². The summed E-state index contributed by atoms with van der Waals surface area (Å²) in [6.45, 7) is 3.44. The van der Waals surface area contributed by atoms with E-state index < -0.39 is 0 Å². The van der Waals surface area contributed by atoms with Crippen molar-refractivity contribution in [3.63, 3.8) is 0 Å². The molecule has 2 aromatic rings. The highest BCUT2D eigenvalue weighted by molar-refractivity contribution is 5.19. The Kier molecular flexibility index (Phi) is 13.2. The Morgan fingerprint density at radius 2 is 1.23 bits per heavy atom. The summed E-state index contributed by atoms with van der Waals surface area (Å²) in [7, 11) is 0. The molecule has 0 bridgehead atoms. The van der Waals surface area contributed by atoms with Crippen LogP contribution in [0.3, 0.4) is 0 Å². The minimum Gasteiger partial charge on any atom is -1.00 e.